The van der Waals surface area contributed by atoms with Crippen molar-refractivity contribution in [3.05, 3.63) is 12.3 Å². The first kappa shape index (κ1) is 15.7. The van der Waals surface area contributed by atoms with Crippen LogP contribution < -0.4 is 11.1 Å². The smallest absolute Gasteiger partial charge is 0.242 e. The highest BCUT2D eigenvalue weighted by molar-refractivity contribution is 5.92. The molecule has 1 amide bonds. The number of aliphatic hydroxyl groups excluding tert-OH is 1. The summed E-state index contributed by atoms with van der Waals surface area (Å²) in [5.41, 5.74) is 5.98. The molecule has 6 nitrogen and oxygen atoms in total. The first-order chi connectivity index (χ1) is 8.80. The zero-order valence-electron chi connectivity index (χ0n) is 11.6. The minimum atomic E-state index is -0.998. The molecule has 1 rings (SSSR count). The second-order valence-corrected chi connectivity index (χ2v) is 5.21. The molecule has 0 saturated carbocycles. The van der Waals surface area contributed by atoms with E-state index in [9.17, 15) is 9.59 Å². The first-order valence-electron chi connectivity index (χ1n) is 6.42. The minimum Gasteiger partial charge on any atom is -0.396 e. The van der Waals surface area contributed by atoms with Crippen LogP contribution >= 0.6 is 0 Å². The van der Waals surface area contributed by atoms with Gasteiger partial charge in [-0.25, -0.2) is 0 Å². The fourth-order valence-corrected chi connectivity index (χ4v) is 2.15. The lowest BCUT2D eigenvalue weighted by atomic mass is 9.97. The van der Waals surface area contributed by atoms with Crippen molar-refractivity contribution in [3.8, 4) is 0 Å². The van der Waals surface area contributed by atoms with Crippen LogP contribution in [0.1, 0.15) is 26.7 Å². The fraction of sp³-hybridized carbons (Fsp3) is 0.692. The summed E-state index contributed by atoms with van der Waals surface area (Å²) in [6.07, 6.45) is 0.733. The number of Topliss-reactive ketones (excluding diaryl/α,β-unsaturated/α-hetero) is 1. The van der Waals surface area contributed by atoms with Crippen molar-refractivity contribution >= 4 is 11.7 Å². The third-order valence-corrected chi connectivity index (χ3v) is 3.51. The molecular formula is C13H23N3O3. The van der Waals surface area contributed by atoms with Crippen LogP contribution in [-0.2, 0) is 9.59 Å². The second-order valence-electron chi connectivity index (χ2n) is 5.21. The third-order valence-electron chi connectivity index (χ3n) is 3.51. The summed E-state index contributed by atoms with van der Waals surface area (Å²) in [6, 6.07) is -0.670. The number of hydrogen-bond acceptors (Lipinski definition) is 5. The molecule has 0 aromatic carbocycles. The molecule has 4 N–H and O–H groups in total. The Morgan fingerprint density at radius 2 is 2.16 bits per heavy atom. The van der Waals surface area contributed by atoms with Crippen LogP contribution in [0.3, 0.4) is 0 Å². The molecule has 1 heterocycles. The Labute approximate surface area is 113 Å². The maximum Gasteiger partial charge on any atom is 0.242 e. The summed E-state index contributed by atoms with van der Waals surface area (Å²) < 4.78 is 0. The van der Waals surface area contributed by atoms with Gasteiger partial charge in [0.1, 0.15) is 5.54 Å². The van der Waals surface area contributed by atoms with Crippen molar-refractivity contribution in [1.82, 2.24) is 10.2 Å². The molecule has 2 unspecified atom stereocenters. The lowest BCUT2D eigenvalue weighted by Crippen LogP contribution is -2.58. The van der Waals surface area contributed by atoms with E-state index in [-0.39, 0.29) is 24.7 Å². The summed E-state index contributed by atoms with van der Waals surface area (Å²) in [7, 11) is 0. The Hall–Kier alpha value is -1.40. The molecule has 0 spiro atoms. The Balaban J connectivity index is 2.67. The number of hydrogen-bond donors (Lipinski definition) is 3. The highest BCUT2D eigenvalue weighted by Crippen LogP contribution is 2.22. The van der Waals surface area contributed by atoms with E-state index in [1.165, 1.54) is 6.92 Å². The van der Waals surface area contributed by atoms with Crippen LogP contribution in [0, 0.1) is 0 Å². The quantitative estimate of drug-likeness (QED) is 0.597. The van der Waals surface area contributed by atoms with Gasteiger partial charge in [0.2, 0.25) is 5.91 Å². The average molecular weight is 269 g/mol. The molecule has 6 heteroatoms. The zero-order valence-corrected chi connectivity index (χ0v) is 11.6. The van der Waals surface area contributed by atoms with Gasteiger partial charge < -0.3 is 21.1 Å². The summed E-state index contributed by atoms with van der Waals surface area (Å²) in [5.74, 6) is -0.523. The number of aliphatic hydroxyl groups is 1. The highest BCUT2D eigenvalue weighted by Gasteiger charge is 2.41. The standard InChI is InChI=1S/C13H23N3O3/c1-9(2)16-6-5-13(14,8-16)12(19)15-11(4-7-17)10(3)18/h11,17H,1,4-8,14H2,2-3H3,(H,15,19). The van der Waals surface area contributed by atoms with Crippen LogP contribution in [0.2, 0.25) is 0 Å². The zero-order chi connectivity index (χ0) is 14.6. The van der Waals surface area contributed by atoms with E-state index in [0.717, 1.165) is 5.70 Å². The molecular weight excluding hydrogens is 246 g/mol. The lowest BCUT2D eigenvalue weighted by Gasteiger charge is -2.26. The summed E-state index contributed by atoms with van der Waals surface area (Å²) in [6.45, 7) is 8.02. The molecule has 0 aromatic rings. The van der Waals surface area contributed by atoms with Gasteiger partial charge in [-0.3, -0.25) is 9.59 Å². The van der Waals surface area contributed by atoms with Gasteiger partial charge in [0, 0.05) is 25.4 Å². The maximum atomic E-state index is 12.2. The van der Waals surface area contributed by atoms with E-state index in [4.69, 9.17) is 10.8 Å². The summed E-state index contributed by atoms with van der Waals surface area (Å²) in [5, 5.41) is 11.5. The van der Waals surface area contributed by atoms with E-state index in [2.05, 4.69) is 11.9 Å². The average Bonchev–Trinajstić information content (AvgIpc) is 2.72. The Kier molecular flexibility index (Phi) is 5.08. The van der Waals surface area contributed by atoms with Gasteiger partial charge in [-0.2, -0.15) is 0 Å². The maximum absolute atomic E-state index is 12.2. The minimum absolute atomic E-state index is 0.153. The van der Waals surface area contributed by atoms with Gasteiger partial charge >= 0.3 is 0 Å². The predicted octanol–water partition coefficient (Wildman–Crippen LogP) is -0.621. The number of amides is 1. The number of carbonyl (C=O) groups excluding carboxylic acids is 2. The Bertz CT molecular complexity index is 383. The number of nitrogens with zero attached hydrogens (tertiary/aromatic N) is 1. The summed E-state index contributed by atoms with van der Waals surface area (Å²) in [4.78, 5) is 25.5. The number of nitrogens with one attached hydrogen (secondary N) is 1. The Morgan fingerprint density at radius 3 is 2.58 bits per heavy atom. The molecule has 1 saturated heterocycles. The molecule has 19 heavy (non-hydrogen) atoms. The van der Waals surface area contributed by atoms with Crippen molar-refractivity contribution < 1.29 is 14.7 Å². The van der Waals surface area contributed by atoms with Crippen LogP contribution in [0.4, 0.5) is 0 Å². The molecule has 1 fully saturated rings. The largest absolute Gasteiger partial charge is 0.396 e. The van der Waals surface area contributed by atoms with Gasteiger partial charge in [0.05, 0.1) is 6.04 Å². The van der Waals surface area contributed by atoms with Crippen LogP contribution in [0.25, 0.3) is 0 Å². The number of likely N-dealkylation sites (tertiary alicyclic amines) is 1. The van der Waals surface area contributed by atoms with Gasteiger partial charge in [-0.1, -0.05) is 6.58 Å². The molecule has 0 bridgehead atoms. The first-order valence-corrected chi connectivity index (χ1v) is 6.42. The molecule has 0 aromatic heterocycles. The van der Waals surface area contributed by atoms with Crippen molar-refractivity contribution in [2.45, 2.75) is 38.3 Å². The third kappa shape index (κ3) is 3.78. The number of nitrogens with two attached hydrogens (primary N) is 1. The van der Waals surface area contributed by atoms with Gasteiger partial charge in [0.15, 0.2) is 5.78 Å². The number of rotatable bonds is 6. The number of allylic oxidation sites excluding steroid dienone is 1. The molecule has 108 valence electrons. The SMILES string of the molecule is C=C(C)N1CCC(N)(C(=O)NC(CCO)C(C)=O)C1. The lowest BCUT2D eigenvalue weighted by molar-refractivity contribution is -0.130. The van der Waals surface area contributed by atoms with Crippen molar-refractivity contribution in [2.24, 2.45) is 5.73 Å². The van der Waals surface area contributed by atoms with Crippen LogP contribution in [0.15, 0.2) is 12.3 Å². The fourth-order valence-electron chi connectivity index (χ4n) is 2.15. The van der Waals surface area contributed by atoms with Gasteiger partial charge in [-0.05, 0) is 26.7 Å². The van der Waals surface area contributed by atoms with Crippen molar-refractivity contribution in [1.29, 1.82) is 0 Å². The molecule has 1 aliphatic rings. The highest BCUT2D eigenvalue weighted by atomic mass is 16.3. The Morgan fingerprint density at radius 1 is 1.53 bits per heavy atom. The molecule has 1 aliphatic heterocycles. The van der Waals surface area contributed by atoms with E-state index in [0.29, 0.717) is 19.5 Å². The number of ketones is 1. The van der Waals surface area contributed by atoms with Gasteiger partial charge in [-0.15, -0.1) is 0 Å². The van der Waals surface area contributed by atoms with E-state index in [1.807, 2.05) is 11.8 Å². The van der Waals surface area contributed by atoms with E-state index in [1.54, 1.807) is 0 Å². The number of carbonyl (C=O) groups is 2. The molecule has 0 aliphatic carbocycles. The van der Waals surface area contributed by atoms with Gasteiger partial charge in [0.25, 0.3) is 0 Å². The summed E-state index contributed by atoms with van der Waals surface area (Å²) >= 11 is 0. The van der Waals surface area contributed by atoms with Crippen molar-refractivity contribution in [2.75, 3.05) is 19.7 Å². The predicted molar refractivity (Wildman–Crippen MR) is 72.2 cm³/mol. The van der Waals surface area contributed by atoms with Crippen LogP contribution in [0.5, 0.6) is 0 Å². The normalized spacial score (nSPS) is 24.1. The molecule has 0 radical (unpaired) electrons. The monoisotopic (exact) mass is 269 g/mol. The van der Waals surface area contributed by atoms with Crippen molar-refractivity contribution in [3.63, 3.8) is 0 Å². The van der Waals surface area contributed by atoms with Crippen LogP contribution in [-0.4, -0.2) is 53.0 Å². The van der Waals surface area contributed by atoms with E-state index < -0.39 is 11.6 Å². The molecule has 2 atom stereocenters. The van der Waals surface area contributed by atoms with E-state index >= 15 is 0 Å². The topological polar surface area (TPSA) is 95.7 Å². The second kappa shape index (κ2) is 6.16.